The fraction of sp³-hybridized carbons (Fsp3) is 0.176. The standard InChI is InChI=1S/C17H16N2O4S/c1-21-12-8-9-13(22-2)16-15(12)19-17(24-16)18-14(20)10-23-11-6-4-3-5-7-11/h3-9H,10H2,1-2H3,(H,18,19,20). The number of hydrogen-bond donors (Lipinski definition) is 1. The summed E-state index contributed by atoms with van der Waals surface area (Å²) in [6.45, 7) is -0.0891. The largest absolute Gasteiger partial charge is 0.495 e. The number of fused-ring (bicyclic) bond motifs is 1. The molecule has 3 aromatic rings. The lowest BCUT2D eigenvalue weighted by molar-refractivity contribution is -0.118. The van der Waals surface area contributed by atoms with Crippen molar-refractivity contribution in [1.82, 2.24) is 4.98 Å². The fourth-order valence-electron chi connectivity index (χ4n) is 2.16. The molecule has 6 nitrogen and oxygen atoms in total. The van der Waals surface area contributed by atoms with Crippen molar-refractivity contribution in [1.29, 1.82) is 0 Å². The lowest BCUT2D eigenvalue weighted by atomic mass is 10.3. The Balaban J connectivity index is 1.74. The van der Waals surface area contributed by atoms with E-state index in [1.807, 2.05) is 24.3 Å². The van der Waals surface area contributed by atoms with Crippen LogP contribution in [0.2, 0.25) is 0 Å². The Morgan fingerprint density at radius 3 is 2.50 bits per heavy atom. The third-order valence-corrected chi connectivity index (χ3v) is 4.26. The topological polar surface area (TPSA) is 69.7 Å². The van der Waals surface area contributed by atoms with Crippen molar-refractivity contribution < 1.29 is 19.0 Å². The number of nitrogens with zero attached hydrogens (tertiary/aromatic N) is 1. The normalized spacial score (nSPS) is 10.4. The second-order valence-corrected chi connectivity index (χ2v) is 5.82. The summed E-state index contributed by atoms with van der Waals surface area (Å²) in [5.41, 5.74) is 0.654. The Morgan fingerprint density at radius 2 is 1.79 bits per heavy atom. The second-order valence-electron chi connectivity index (χ2n) is 4.82. The molecule has 0 saturated carbocycles. The van der Waals surface area contributed by atoms with Gasteiger partial charge in [-0.2, -0.15) is 0 Å². The molecule has 1 N–H and O–H groups in total. The first-order chi connectivity index (χ1) is 11.7. The number of carbonyl (C=O) groups is 1. The number of benzene rings is 2. The van der Waals surface area contributed by atoms with Crippen molar-refractivity contribution in [2.75, 3.05) is 26.1 Å². The zero-order chi connectivity index (χ0) is 16.9. The first kappa shape index (κ1) is 16.1. The van der Waals surface area contributed by atoms with Crippen molar-refractivity contribution in [3.8, 4) is 17.2 Å². The fourth-order valence-corrected chi connectivity index (χ4v) is 3.15. The molecule has 0 saturated heterocycles. The van der Waals surface area contributed by atoms with Crippen LogP contribution in [0.5, 0.6) is 17.2 Å². The molecule has 0 aliphatic heterocycles. The van der Waals surface area contributed by atoms with E-state index in [4.69, 9.17) is 14.2 Å². The molecule has 1 heterocycles. The molecule has 3 rings (SSSR count). The van der Waals surface area contributed by atoms with Crippen molar-refractivity contribution in [2.24, 2.45) is 0 Å². The highest BCUT2D eigenvalue weighted by Crippen LogP contribution is 2.38. The predicted octanol–water partition coefficient (Wildman–Crippen LogP) is 3.33. The van der Waals surface area contributed by atoms with Gasteiger partial charge in [-0.3, -0.25) is 10.1 Å². The highest BCUT2D eigenvalue weighted by Gasteiger charge is 2.15. The lowest BCUT2D eigenvalue weighted by Gasteiger charge is -2.05. The van der Waals surface area contributed by atoms with Crippen molar-refractivity contribution in [3.63, 3.8) is 0 Å². The molecular formula is C17H16N2O4S. The summed E-state index contributed by atoms with van der Waals surface area (Å²) < 4.78 is 16.9. The maximum Gasteiger partial charge on any atom is 0.264 e. The van der Waals surface area contributed by atoms with Crippen LogP contribution < -0.4 is 19.5 Å². The second kappa shape index (κ2) is 7.18. The van der Waals surface area contributed by atoms with E-state index in [0.717, 1.165) is 4.70 Å². The SMILES string of the molecule is COc1ccc(OC)c2sc(NC(=O)COc3ccccc3)nc12. The molecule has 0 radical (unpaired) electrons. The van der Waals surface area contributed by atoms with Crippen LogP contribution in [-0.2, 0) is 4.79 Å². The van der Waals surface area contributed by atoms with Gasteiger partial charge in [0.05, 0.1) is 14.2 Å². The molecule has 0 aliphatic rings. The molecule has 0 aliphatic carbocycles. The van der Waals surface area contributed by atoms with Crippen molar-refractivity contribution in [2.45, 2.75) is 0 Å². The first-order valence-electron chi connectivity index (χ1n) is 7.20. The van der Waals surface area contributed by atoms with E-state index in [0.29, 0.717) is 27.9 Å². The predicted molar refractivity (Wildman–Crippen MR) is 93.3 cm³/mol. The maximum atomic E-state index is 12.0. The molecule has 24 heavy (non-hydrogen) atoms. The summed E-state index contributed by atoms with van der Waals surface area (Å²) in [5.74, 6) is 1.67. The quantitative estimate of drug-likeness (QED) is 0.743. The highest BCUT2D eigenvalue weighted by molar-refractivity contribution is 7.22. The Kier molecular flexibility index (Phi) is 4.81. The van der Waals surface area contributed by atoms with E-state index in [-0.39, 0.29) is 12.5 Å². The van der Waals surface area contributed by atoms with E-state index < -0.39 is 0 Å². The number of methoxy groups -OCH3 is 2. The highest BCUT2D eigenvalue weighted by atomic mass is 32.1. The summed E-state index contributed by atoms with van der Waals surface area (Å²) in [7, 11) is 3.17. The Labute approximate surface area is 143 Å². The molecule has 0 unspecified atom stereocenters. The van der Waals surface area contributed by atoms with E-state index in [9.17, 15) is 4.79 Å². The number of thiazole rings is 1. The molecule has 7 heteroatoms. The molecule has 0 spiro atoms. The van der Waals surface area contributed by atoms with Gasteiger partial charge in [-0.05, 0) is 24.3 Å². The number of carbonyl (C=O) groups excluding carboxylic acids is 1. The molecule has 1 aromatic heterocycles. The number of para-hydroxylation sites is 1. The molecule has 0 atom stereocenters. The van der Waals surface area contributed by atoms with Crippen molar-refractivity contribution in [3.05, 3.63) is 42.5 Å². The van der Waals surface area contributed by atoms with Crippen LogP contribution >= 0.6 is 11.3 Å². The van der Waals surface area contributed by atoms with Gasteiger partial charge in [0.1, 0.15) is 27.5 Å². The van der Waals surface area contributed by atoms with Crippen LogP contribution in [0.3, 0.4) is 0 Å². The van der Waals surface area contributed by atoms with Gasteiger partial charge in [0.25, 0.3) is 5.91 Å². The molecule has 2 aromatic carbocycles. The van der Waals surface area contributed by atoms with Crippen LogP contribution in [0.4, 0.5) is 5.13 Å². The van der Waals surface area contributed by atoms with E-state index in [1.54, 1.807) is 32.4 Å². The number of ether oxygens (including phenoxy) is 3. The number of nitrogens with one attached hydrogen (secondary N) is 1. The summed E-state index contributed by atoms with van der Waals surface area (Å²) in [5, 5.41) is 3.20. The zero-order valence-corrected chi connectivity index (χ0v) is 14.1. The average molecular weight is 344 g/mol. The number of aromatic nitrogens is 1. The van der Waals surface area contributed by atoms with Crippen LogP contribution in [0.15, 0.2) is 42.5 Å². The monoisotopic (exact) mass is 344 g/mol. The molecule has 124 valence electrons. The maximum absolute atomic E-state index is 12.0. The third kappa shape index (κ3) is 3.41. The van der Waals surface area contributed by atoms with E-state index in [2.05, 4.69) is 10.3 Å². The average Bonchev–Trinajstić information content (AvgIpc) is 3.03. The summed E-state index contributed by atoms with van der Waals surface area (Å²) in [6, 6.07) is 12.8. The molecule has 0 fully saturated rings. The van der Waals surface area contributed by atoms with Crippen LogP contribution in [0.1, 0.15) is 0 Å². The zero-order valence-electron chi connectivity index (χ0n) is 13.2. The third-order valence-electron chi connectivity index (χ3n) is 3.27. The Bertz CT molecular complexity index is 807. The minimum absolute atomic E-state index is 0.0891. The van der Waals surface area contributed by atoms with Crippen LogP contribution in [0.25, 0.3) is 10.2 Å². The first-order valence-corrected chi connectivity index (χ1v) is 8.02. The van der Waals surface area contributed by atoms with Gasteiger partial charge < -0.3 is 14.2 Å². The van der Waals surface area contributed by atoms with Crippen LogP contribution in [0, 0.1) is 0 Å². The Hall–Kier alpha value is -2.80. The number of hydrogen-bond acceptors (Lipinski definition) is 6. The van der Waals surface area contributed by atoms with E-state index >= 15 is 0 Å². The minimum Gasteiger partial charge on any atom is -0.495 e. The van der Waals surface area contributed by atoms with Gasteiger partial charge in [0.15, 0.2) is 11.7 Å². The minimum atomic E-state index is -0.282. The van der Waals surface area contributed by atoms with Gasteiger partial charge in [-0.25, -0.2) is 4.98 Å². The number of anilines is 1. The molecular weight excluding hydrogens is 328 g/mol. The summed E-state index contributed by atoms with van der Waals surface area (Å²) in [4.78, 5) is 16.5. The smallest absolute Gasteiger partial charge is 0.264 e. The van der Waals surface area contributed by atoms with E-state index in [1.165, 1.54) is 11.3 Å². The molecule has 1 amide bonds. The summed E-state index contributed by atoms with van der Waals surface area (Å²) in [6.07, 6.45) is 0. The van der Waals surface area contributed by atoms with Gasteiger partial charge in [-0.15, -0.1) is 0 Å². The van der Waals surface area contributed by atoms with Gasteiger partial charge in [0.2, 0.25) is 0 Å². The van der Waals surface area contributed by atoms with Crippen molar-refractivity contribution >= 4 is 32.6 Å². The lowest BCUT2D eigenvalue weighted by Crippen LogP contribution is -2.19. The Morgan fingerprint density at radius 1 is 1.08 bits per heavy atom. The molecule has 0 bridgehead atoms. The number of rotatable bonds is 6. The van der Waals surface area contributed by atoms with Crippen LogP contribution in [-0.4, -0.2) is 31.7 Å². The van der Waals surface area contributed by atoms with Gasteiger partial charge in [-0.1, -0.05) is 29.5 Å². The van der Waals surface area contributed by atoms with Gasteiger partial charge >= 0.3 is 0 Å². The van der Waals surface area contributed by atoms with Gasteiger partial charge in [0, 0.05) is 0 Å². The summed E-state index contributed by atoms with van der Waals surface area (Å²) >= 11 is 1.32. The number of amides is 1.